The monoisotopic (exact) mass is 359 g/mol. The van der Waals surface area contributed by atoms with E-state index in [1.807, 2.05) is 12.1 Å². The fourth-order valence-corrected chi connectivity index (χ4v) is 4.32. The number of pyridine rings is 1. The average Bonchev–Trinajstić information content (AvgIpc) is 2.63. The number of rotatable bonds is 0. The summed E-state index contributed by atoms with van der Waals surface area (Å²) < 4.78 is 2.30. The number of hydrogen-bond donors (Lipinski definition) is 0. The third kappa shape index (κ3) is 8.56. The maximum absolute atomic E-state index is 12.1. The molecular formula is C24H41NO. The predicted molar refractivity (Wildman–Crippen MR) is 113 cm³/mol. The Labute approximate surface area is 161 Å². The molecule has 0 spiro atoms. The van der Waals surface area contributed by atoms with E-state index in [-0.39, 0.29) is 5.43 Å². The second-order valence-electron chi connectivity index (χ2n) is 8.39. The second-order valence-corrected chi connectivity index (χ2v) is 8.39. The van der Waals surface area contributed by atoms with Crippen LogP contribution in [0.2, 0.25) is 0 Å². The van der Waals surface area contributed by atoms with Crippen molar-refractivity contribution in [3.8, 4) is 0 Å². The summed E-state index contributed by atoms with van der Waals surface area (Å²) in [6.45, 7) is 0. The Bertz CT molecular complexity index is 501. The zero-order valence-electron chi connectivity index (χ0n) is 17.2. The van der Waals surface area contributed by atoms with Crippen LogP contribution in [-0.4, -0.2) is 4.57 Å². The number of aryl methyl sites for hydroxylation is 2. The molecule has 2 heteroatoms. The molecule has 2 heterocycles. The van der Waals surface area contributed by atoms with Crippen LogP contribution in [0.5, 0.6) is 0 Å². The van der Waals surface area contributed by atoms with E-state index < -0.39 is 0 Å². The van der Waals surface area contributed by atoms with Crippen molar-refractivity contribution in [3.63, 3.8) is 0 Å². The van der Waals surface area contributed by atoms with Gasteiger partial charge in [0.1, 0.15) is 0 Å². The van der Waals surface area contributed by atoms with Gasteiger partial charge in [0.25, 0.3) is 0 Å². The van der Waals surface area contributed by atoms with E-state index in [0.29, 0.717) is 0 Å². The Morgan fingerprint density at radius 3 is 1.12 bits per heavy atom. The molecule has 0 aromatic carbocycles. The van der Waals surface area contributed by atoms with E-state index in [2.05, 4.69) is 11.6 Å². The highest BCUT2D eigenvalue weighted by atomic mass is 16.1. The fraction of sp³-hybridized carbons (Fsp3) is 0.792. The zero-order valence-corrected chi connectivity index (χ0v) is 17.2. The highest BCUT2D eigenvalue weighted by molar-refractivity contribution is 5.14. The van der Waals surface area contributed by atoms with Crippen molar-refractivity contribution in [1.29, 1.82) is 0 Å². The highest BCUT2D eigenvalue weighted by Crippen LogP contribution is 2.16. The van der Waals surface area contributed by atoms with Crippen molar-refractivity contribution in [2.24, 2.45) is 7.05 Å². The average molecular weight is 360 g/mol. The van der Waals surface area contributed by atoms with Gasteiger partial charge in [0, 0.05) is 30.6 Å². The molecule has 26 heavy (non-hydrogen) atoms. The molecule has 1 aromatic heterocycles. The molecule has 0 atom stereocenters. The third-order valence-corrected chi connectivity index (χ3v) is 6.10. The van der Waals surface area contributed by atoms with Gasteiger partial charge in [-0.3, -0.25) is 4.79 Å². The predicted octanol–water partition coefficient (Wildman–Crippen LogP) is 6.73. The van der Waals surface area contributed by atoms with Crippen LogP contribution >= 0.6 is 0 Å². The minimum atomic E-state index is 0.200. The Balaban J connectivity index is 1.86. The van der Waals surface area contributed by atoms with E-state index >= 15 is 0 Å². The molecule has 0 unspecified atom stereocenters. The van der Waals surface area contributed by atoms with Crippen LogP contribution in [0.3, 0.4) is 0 Å². The van der Waals surface area contributed by atoms with Crippen LogP contribution in [0.4, 0.5) is 0 Å². The van der Waals surface area contributed by atoms with Crippen molar-refractivity contribution < 1.29 is 0 Å². The molecule has 1 aliphatic rings. The van der Waals surface area contributed by atoms with Gasteiger partial charge < -0.3 is 4.57 Å². The summed E-state index contributed by atoms with van der Waals surface area (Å²) in [5, 5.41) is 0. The van der Waals surface area contributed by atoms with Gasteiger partial charge in [-0.15, -0.1) is 0 Å². The van der Waals surface area contributed by atoms with Gasteiger partial charge >= 0.3 is 0 Å². The molecule has 2 nitrogen and oxygen atoms in total. The normalized spacial score (nSPS) is 20.2. The fourth-order valence-electron chi connectivity index (χ4n) is 4.32. The van der Waals surface area contributed by atoms with Crippen LogP contribution in [-0.2, 0) is 19.9 Å². The lowest BCUT2D eigenvalue weighted by atomic mass is 10.0. The molecule has 0 N–H and O–H groups in total. The van der Waals surface area contributed by atoms with Crippen molar-refractivity contribution in [2.75, 3.05) is 0 Å². The van der Waals surface area contributed by atoms with E-state index in [4.69, 9.17) is 0 Å². The minimum absolute atomic E-state index is 0.200. The van der Waals surface area contributed by atoms with E-state index in [9.17, 15) is 4.79 Å². The molecular weight excluding hydrogens is 318 g/mol. The molecule has 1 aliphatic heterocycles. The summed E-state index contributed by atoms with van der Waals surface area (Å²) in [4.78, 5) is 12.1. The summed E-state index contributed by atoms with van der Waals surface area (Å²) in [5.41, 5.74) is 2.67. The maximum atomic E-state index is 12.1. The molecule has 0 aliphatic carbocycles. The standard InChI is InChI=1S/C24H41NO/c1-25-22-18-16-14-12-10-8-6-4-2-3-5-7-9-11-13-15-17-19-23(25)21-24(26)20-22/h20-21H,2-19H2,1H3. The number of aromatic nitrogens is 1. The molecule has 2 rings (SSSR count). The Morgan fingerprint density at radius 2 is 0.808 bits per heavy atom. The SMILES string of the molecule is Cn1c2cc(=O)cc1CCCCCCCCCCCCCCCCCC2. The quantitative estimate of drug-likeness (QED) is 0.503. The molecule has 0 saturated carbocycles. The van der Waals surface area contributed by atoms with Crippen LogP contribution in [0.25, 0.3) is 0 Å². The van der Waals surface area contributed by atoms with Gasteiger partial charge in [-0.05, 0) is 25.7 Å². The first kappa shape index (κ1) is 21.3. The topological polar surface area (TPSA) is 22.0 Å². The van der Waals surface area contributed by atoms with Crippen LogP contribution in [0.15, 0.2) is 16.9 Å². The van der Waals surface area contributed by atoms with E-state index in [1.165, 1.54) is 114 Å². The zero-order chi connectivity index (χ0) is 18.5. The molecule has 2 bridgehead atoms. The molecule has 0 saturated heterocycles. The third-order valence-electron chi connectivity index (χ3n) is 6.10. The van der Waals surface area contributed by atoms with Crippen LogP contribution < -0.4 is 5.43 Å². The van der Waals surface area contributed by atoms with Gasteiger partial charge in [0.15, 0.2) is 5.43 Å². The summed E-state index contributed by atoms with van der Waals surface area (Å²) in [6.07, 6.45) is 24.1. The first-order chi connectivity index (χ1) is 12.8. The molecule has 0 fully saturated rings. The van der Waals surface area contributed by atoms with Gasteiger partial charge in [-0.2, -0.15) is 0 Å². The lowest BCUT2D eigenvalue weighted by molar-refractivity contribution is 0.528. The van der Waals surface area contributed by atoms with Crippen molar-refractivity contribution in [1.82, 2.24) is 4.57 Å². The Morgan fingerprint density at radius 1 is 0.538 bits per heavy atom. The summed E-state index contributed by atoms with van der Waals surface area (Å²) >= 11 is 0. The second kappa shape index (κ2) is 13.2. The van der Waals surface area contributed by atoms with Gasteiger partial charge in [0.05, 0.1) is 0 Å². The minimum Gasteiger partial charge on any atom is -0.351 e. The number of fused-ring (bicyclic) bond motifs is 2. The first-order valence-electron chi connectivity index (χ1n) is 11.5. The lowest BCUT2D eigenvalue weighted by Crippen LogP contribution is -2.14. The van der Waals surface area contributed by atoms with Gasteiger partial charge in [-0.25, -0.2) is 0 Å². The number of hydrogen-bond acceptors (Lipinski definition) is 1. The Hall–Kier alpha value is -1.05. The molecule has 0 amide bonds. The first-order valence-corrected chi connectivity index (χ1v) is 11.5. The van der Waals surface area contributed by atoms with Gasteiger partial charge in [-0.1, -0.05) is 89.9 Å². The summed E-state index contributed by atoms with van der Waals surface area (Å²) in [7, 11) is 2.15. The largest absolute Gasteiger partial charge is 0.351 e. The Kier molecular flexibility index (Phi) is 10.8. The number of nitrogens with zero attached hydrogens (tertiary/aromatic N) is 1. The van der Waals surface area contributed by atoms with Crippen LogP contribution in [0.1, 0.15) is 114 Å². The van der Waals surface area contributed by atoms with E-state index in [1.54, 1.807) is 0 Å². The molecule has 0 radical (unpaired) electrons. The van der Waals surface area contributed by atoms with E-state index in [0.717, 1.165) is 12.8 Å². The lowest BCUT2D eigenvalue weighted by Gasteiger charge is -2.14. The highest BCUT2D eigenvalue weighted by Gasteiger charge is 2.05. The van der Waals surface area contributed by atoms with Crippen molar-refractivity contribution in [3.05, 3.63) is 33.7 Å². The maximum Gasteiger partial charge on any atom is 0.182 e. The summed E-state index contributed by atoms with van der Waals surface area (Å²) in [6, 6.07) is 3.72. The molecule has 148 valence electrons. The summed E-state index contributed by atoms with van der Waals surface area (Å²) in [5.74, 6) is 0. The van der Waals surface area contributed by atoms with Crippen molar-refractivity contribution >= 4 is 0 Å². The molecule has 1 aromatic rings. The van der Waals surface area contributed by atoms with Crippen molar-refractivity contribution in [2.45, 2.75) is 116 Å². The van der Waals surface area contributed by atoms with Gasteiger partial charge in [0.2, 0.25) is 0 Å². The smallest absolute Gasteiger partial charge is 0.182 e. The van der Waals surface area contributed by atoms with Crippen LogP contribution in [0, 0.1) is 0 Å².